The Balaban J connectivity index is 1.95. The van der Waals surface area contributed by atoms with Crippen LogP contribution in [0.2, 0.25) is 0 Å². The molecule has 1 aliphatic heterocycles. The Bertz CT molecular complexity index is 591. The molecule has 114 valence electrons. The molecule has 1 aromatic carbocycles. The third-order valence-corrected chi connectivity index (χ3v) is 6.09. The van der Waals surface area contributed by atoms with E-state index >= 15 is 0 Å². The topological polar surface area (TPSA) is 21.3 Å². The predicted molar refractivity (Wildman–Crippen MR) is 94.2 cm³/mol. The van der Waals surface area contributed by atoms with Gasteiger partial charge in [-0.1, -0.05) is 19.1 Å². The number of nitrogens with one attached hydrogen (secondary N) is 1. The lowest BCUT2D eigenvalue weighted by Gasteiger charge is -2.31. The number of ether oxygens (including phenoxy) is 1. The van der Waals surface area contributed by atoms with Crippen LogP contribution in [0.15, 0.2) is 28.1 Å². The molecule has 2 atom stereocenters. The molecule has 1 saturated heterocycles. The Hall–Kier alpha value is -0.420. The van der Waals surface area contributed by atoms with Gasteiger partial charge in [-0.25, -0.2) is 0 Å². The van der Waals surface area contributed by atoms with Gasteiger partial charge in [-0.15, -0.1) is 11.3 Å². The Kier molecular flexibility index (Phi) is 5.33. The third-order valence-electron chi connectivity index (χ3n) is 4.12. The molecule has 0 amide bonds. The second-order valence-electron chi connectivity index (χ2n) is 5.64. The fourth-order valence-electron chi connectivity index (χ4n) is 3.05. The summed E-state index contributed by atoms with van der Waals surface area (Å²) in [6.45, 7) is 4.16. The molecule has 21 heavy (non-hydrogen) atoms. The molecule has 3 rings (SSSR count). The lowest BCUT2D eigenvalue weighted by molar-refractivity contribution is -0.00778. The van der Waals surface area contributed by atoms with E-state index in [0.29, 0.717) is 12.1 Å². The van der Waals surface area contributed by atoms with Gasteiger partial charge in [0.25, 0.3) is 0 Å². The van der Waals surface area contributed by atoms with Crippen molar-refractivity contribution in [1.82, 2.24) is 5.32 Å². The van der Waals surface area contributed by atoms with Crippen molar-refractivity contribution in [3.05, 3.63) is 33.6 Å². The largest absolute Gasteiger partial charge is 0.376 e. The van der Waals surface area contributed by atoms with Crippen LogP contribution in [0.5, 0.6) is 0 Å². The molecule has 0 spiro atoms. The zero-order valence-corrected chi connectivity index (χ0v) is 14.8. The Morgan fingerprint density at radius 3 is 3.10 bits per heavy atom. The molecule has 2 nitrogen and oxygen atoms in total. The average molecular weight is 368 g/mol. The average Bonchev–Trinajstić information content (AvgIpc) is 2.94. The summed E-state index contributed by atoms with van der Waals surface area (Å²) in [4.78, 5) is 0. The highest BCUT2D eigenvalue weighted by atomic mass is 79.9. The van der Waals surface area contributed by atoms with E-state index in [1.165, 1.54) is 33.0 Å². The molecule has 2 aromatic rings. The summed E-state index contributed by atoms with van der Waals surface area (Å²) in [7, 11) is 0. The van der Waals surface area contributed by atoms with Crippen LogP contribution < -0.4 is 5.32 Å². The number of thiophene rings is 1. The fraction of sp³-hybridized carbons (Fsp3) is 0.529. The van der Waals surface area contributed by atoms with E-state index in [0.717, 1.165) is 26.0 Å². The summed E-state index contributed by atoms with van der Waals surface area (Å²) >= 11 is 5.49. The van der Waals surface area contributed by atoms with E-state index in [2.05, 4.69) is 51.7 Å². The van der Waals surface area contributed by atoms with Crippen LogP contribution in [-0.4, -0.2) is 19.3 Å². The monoisotopic (exact) mass is 367 g/mol. The van der Waals surface area contributed by atoms with E-state index in [1.54, 1.807) is 0 Å². The van der Waals surface area contributed by atoms with Crippen LogP contribution in [0.25, 0.3) is 10.1 Å². The van der Waals surface area contributed by atoms with Gasteiger partial charge in [0.2, 0.25) is 0 Å². The molecule has 2 unspecified atom stereocenters. The molecule has 1 aliphatic rings. The fourth-order valence-corrected chi connectivity index (χ4v) is 4.71. The van der Waals surface area contributed by atoms with Gasteiger partial charge in [0, 0.05) is 15.8 Å². The predicted octanol–water partition coefficient (Wildman–Crippen LogP) is 5.27. The van der Waals surface area contributed by atoms with E-state index in [-0.39, 0.29) is 0 Å². The maximum absolute atomic E-state index is 6.07. The first-order valence-corrected chi connectivity index (χ1v) is 9.49. The zero-order chi connectivity index (χ0) is 14.7. The first kappa shape index (κ1) is 15.5. The first-order chi connectivity index (χ1) is 10.3. The summed E-state index contributed by atoms with van der Waals surface area (Å²) in [5.74, 6) is 0. The molecule has 0 radical (unpaired) electrons. The highest BCUT2D eigenvalue weighted by molar-refractivity contribution is 9.10. The lowest BCUT2D eigenvalue weighted by atomic mass is 9.95. The van der Waals surface area contributed by atoms with Crippen molar-refractivity contribution < 1.29 is 4.74 Å². The normalized spacial score (nSPS) is 20.8. The van der Waals surface area contributed by atoms with Crippen molar-refractivity contribution in [3.8, 4) is 0 Å². The van der Waals surface area contributed by atoms with Crippen molar-refractivity contribution in [3.63, 3.8) is 0 Å². The van der Waals surface area contributed by atoms with Crippen molar-refractivity contribution in [2.75, 3.05) is 13.2 Å². The molecule has 0 saturated carbocycles. The SMILES string of the molecule is CCCNC(c1csc2c(Br)cccc12)C1CCCCO1. The smallest absolute Gasteiger partial charge is 0.0770 e. The van der Waals surface area contributed by atoms with Crippen LogP contribution >= 0.6 is 27.3 Å². The minimum atomic E-state index is 0.307. The van der Waals surface area contributed by atoms with Gasteiger partial charge in [0.15, 0.2) is 0 Å². The van der Waals surface area contributed by atoms with Gasteiger partial charge in [-0.05, 0) is 70.6 Å². The highest BCUT2D eigenvalue weighted by Gasteiger charge is 2.27. The molecular weight excluding hydrogens is 346 g/mol. The zero-order valence-electron chi connectivity index (χ0n) is 12.4. The molecule has 0 aliphatic carbocycles. The maximum Gasteiger partial charge on any atom is 0.0770 e. The Labute approximate surface area is 139 Å². The summed E-state index contributed by atoms with van der Waals surface area (Å²) in [5.41, 5.74) is 1.40. The van der Waals surface area contributed by atoms with Crippen molar-refractivity contribution in [2.24, 2.45) is 0 Å². The lowest BCUT2D eigenvalue weighted by Crippen LogP contribution is -2.36. The van der Waals surface area contributed by atoms with Crippen molar-refractivity contribution in [1.29, 1.82) is 0 Å². The molecule has 4 heteroatoms. The highest BCUT2D eigenvalue weighted by Crippen LogP contribution is 2.38. The second kappa shape index (κ2) is 7.23. The van der Waals surface area contributed by atoms with Gasteiger partial charge in [0.05, 0.1) is 12.1 Å². The van der Waals surface area contributed by atoms with E-state index < -0.39 is 0 Å². The standard InChI is InChI=1S/C17H22BrNOS/c1-2-9-19-16(15-8-3-4-10-20-15)13-11-21-17-12(13)6-5-7-14(17)18/h5-7,11,15-16,19H,2-4,8-10H2,1H3. The molecule has 2 heterocycles. The molecule has 0 bridgehead atoms. The third kappa shape index (κ3) is 3.34. The van der Waals surface area contributed by atoms with Gasteiger partial charge >= 0.3 is 0 Å². The summed E-state index contributed by atoms with van der Waals surface area (Å²) in [5, 5.41) is 7.38. The Morgan fingerprint density at radius 2 is 2.33 bits per heavy atom. The van der Waals surface area contributed by atoms with E-state index in [1.807, 2.05) is 11.3 Å². The van der Waals surface area contributed by atoms with Crippen LogP contribution in [0.3, 0.4) is 0 Å². The second-order valence-corrected chi connectivity index (χ2v) is 7.38. The maximum atomic E-state index is 6.07. The summed E-state index contributed by atoms with van der Waals surface area (Å²) in [6.07, 6.45) is 5.09. The van der Waals surface area contributed by atoms with Gasteiger partial charge in [0.1, 0.15) is 0 Å². The molecule has 1 fully saturated rings. The van der Waals surface area contributed by atoms with Crippen molar-refractivity contribution in [2.45, 2.75) is 44.8 Å². The number of hydrogen-bond donors (Lipinski definition) is 1. The van der Waals surface area contributed by atoms with E-state index in [4.69, 9.17) is 4.74 Å². The van der Waals surface area contributed by atoms with Crippen LogP contribution in [0.4, 0.5) is 0 Å². The number of hydrogen-bond acceptors (Lipinski definition) is 3. The quantitative estimate of drug-likeness (QED) is 0.776. The summed E-state index contributed by atoms with van der Waals surface area (Å²) < 4.78 is 8.60. The number of fused-ring (bicyclic) bond motifs is 1. The van der Waals surface area contributed by atoms with Crippen LogP contribution in [-0.2, 0) is 4.74 Å². The van der Waals surface area contributed by atoms with Gasteiger partial charge in [-0.3, -0.25) is 0 Å². The number of rotatable bonds is 5. The molecule has 1 aromatic heterocycles. The minimum absolute atomic E-state index is 0.307. The molecular formula is C17H22BrNOS. The number of halogens is 1. The summed E-state index contributed by atoms with van der Waals surface area (Å²) in [6, 6.07) is 6.79. The first-order valence-electron chi connectivity index (χ1n) is 7.82. The van der Waals surface area contributed by atoms with Gasteiger partial charge in [-0.2, -0.15) is 0 Å². The van der Waals surface area contributed by atoms with Crippen LogP contribution in [0.1, 0.15) is 44.2 Å². The van der Waals surface area contributed by atoms with Crippen molar-refractivity contribution >= 4 is 37.4 Å². The number of benzene rings is 1. The van der Waals surface area contributed by atoms with Crippen LogP contribution in [0, 0.1) is 0 Å². The van der Waals surface area contributed by atoms with Gasteiger partial charge < -0.3 is 10.1 Å². The van der Waals surface area contributed by atoms with E-state index in [9.17, 15) is 0 Å². The molecule has 1 N–H and O–H groups in total. The Morgan fingerprint density at radius 1 is 1.43 bits per heavy atom. The minimum Gasteiger partial charge on any atom is -0.376 e.